The van der Waals surface area contributed by atoms with Crippen LogP contribution in [0.3, 0.4) is 0 Å². The number of H-pyrrole nitrogens is 1. The van der Waals surface area contributed by atoms with Crippen LogP contribution in [0.5, 0.6) is 0 Å². The molecule has 0 aliphatic rings. The van der Waals surface area contributed by atoms with Crippen molar-refractivity contribution in [2.45, 2.75) is 18.7 Å². The van der Waals surface area contributed by atoms with Gasteiger partial charge in [-0.15, -0.1) is 22.9 Å². The van der Waals surface area contributed by atoms with E-state index in [1.807, 2.05) is 12.3 Å². The predicted octanol–water partition coefficient (Wildman–Crippen LogP) is 4.48. The zero-order valence-electron chi connectivity index (χ0n) is 11.2. The number of benzene rings is 1. The predicted molar refractivity (Wildman–Crippen MR) is 84.5 cm³/mol. The fourth-order valence-corrected chi connectivity index (χ4v) is 3.21. The summed E-state index contributed by atoms with van der Waals surface area (Å²) in [5.74, 6) is 0.185. The van der Waals surface area contributed by atoms with Crippen molar-refractivity contribution in [2.75, 3.05) is 0 Å². The summed E-state index contributed by atoms with van der Waals surface area (Å²) in [4.78, 5) is 20.1. The van der Waals surface area contributed by atoms with E-state index in [2.05, 4.69) is 9.97 Å². The molecule has 0 fully saturated rings. The van der Waals surface area contributed by atoms with Crippen LogP contribution >= 0.6 is 22.9 Å². The number of aromatic amines is 1. The highest BCUT2D eigenvalue weighted by Gasteiger charge is 2.15. The number of fused-ring (bicyclic) bond motifs is 1. The largest absolute Gasteiger partial charge is 0.309 e. The molecular formula is C15H12ClFN2OS. The lowest BCUT2D eigenvalue weighted by molar-refractivity contribution is 0.628. The van der Waals surface area contributed by atoms with Crippen LogP contribution in [0, 0.1) is 5.82 Å². The minimum absolute atomic E-state index is 0.213. The van der Waals surface area contributed by atoms with E-state index in [0.717, 1.165) is 11.1 Å². The van der Waals surface area contributed by atoms with E-state index >= 15 is 0 Å². The normalized spacial score (nSPS) is 12.7. The molecule has 3 rings (SSSR count). The second kappa shape index (κ2) is 5.58. The van der Waals surface area contributed by atoms with E-state index in [4.69, 9.17) is 11.6 Å². The first-order valence-corrected chi connectivity index (χ1v) is 7.83. The molecular weight excluding hydrogens is 311 g/mol. The number of nitrogens with zero attached hydrogens (tertiary/aromatic N) is 1. The number of alkyl halides is 1. The van der Waals surface area contributed by atoms with Crippen molar-refractivity contribution >= 4 is 33.2 Å². The van der Waals surface area contributed by atoms with Gasteiger partial charge in [-0.05, 0) is 24.1 Å². The lowest BCUT2D eigenvalue weighted by Crippen LogP contribution is -2.12. The van der Waals surface area contributed by atoms with Crippen LogP contribution in [0.1, 0.15) is 24.5 Å². The summed E-state index contributed by atoms with van der Waals surface area (Å²) in [5.41, 5.74) is 1.34. The molecule has 0 amide bonds. The first-order chi connectivity index (χ1) is 10.1. The molecule has 0 spiro atoms. The summed E-state index contributed by atoms with van der Waals surface area (Å²) in [6.45, 7) is 1.93. The average molecular weight is 323 g/mol. The third-order valence-electron chi connectivity index (χ3n) is 3.27. The van der Waals surface area contributed by atoms with Crippen LogP contribution in [0.4, 0.5) is 4.39 Å². The minimum atomic E-state index is -0.307. The van der Waals surface area contributed by atoms with Gasteiger partial charge in [-0.2, -0.15) is 0 Å². The lowest BCUT2D eigenvalue weighted by Gasteiger charge is -2.05. The monoisotopic (exact) mass is 322 g/mol. The first-order valence-electron chi connectivity index (χ1n) is 6.51. The number of thiophene rings is 1. The van der Waals surface area contributed by atoms with Crippen molar-refractivity contribution in [1.82, 2.24) is 9.97 Å². The van der Waals surface area contributed by atoms with E-state index in [9.17, 15) is 9.18 Å². The molecule has 1 atom stereocenters. The van der Waals surface area contributed by atoms with Crippen LogP contribution in [-0.2, 0) is 0 Å². The zero-order valence-corrected chi connectivity index (χ0v) is 12.8. The van der Waals surface area contributed by atoms with Crippen molar-refractivity contribution in [1.29, 1.82) is 0 Å². The van der Waals surface area contributed by atoms with Crippen LogP contribution in [0.2, 0.25) is 0 Å². The van der Waals surface area contributed by atoms with Gasteiger partial charge in [0.25, 0.3) is 5.56 Å². The van der Waals surface area contributed by atoms with Gasteiger partial charge in [0.15, 0.2) is 0 Å². The van der Waals surface area contributed by atoms with Gasteiger partial charge < -0.3 is 4.98 Å². The van der Waals surface area contributed by atoms with Gasteiger partial charge in [0, 0.05) is 10.9 Å². The van der Waals surface area contributed by atoms with E-state index in [0.29, 0.717) is 22.5 Å². The van der Waals surface area contributed by atoms with Gasteiger partial charge in [0.1, 0.15) is 16.5 Å². The Hall–Kier alpha value is -1.72. The van der Waals surface area contributed by atoms with Crippen molar-refractivity contribution in [3.05, 3.63) is 51.6 Å². The van der Waals surface area contributed by atoms with Gasteiger partial charge in [-0.3, -0.25) is 4.79 Å². The van der Waals surface area contributed by atoms with Crippen LogP contribution < -0.4 is 5.56 Å². The standard InChI is InChI=1S/C15H12ClFN2OS/c1-2-11(16)13-18-14(20)12-10(7-21-15(12)19-13)8-3-5-9(17)6-4-8/h3-7,11H,2H2,1H3,(H,18,19,20). The fraction of sp³-hybridized carbons (Fsp3) is 0.200. The SMILES string of the molecule is CCC(Cl)c1nc2scc(-c3ccc(F)cc3)c2c(=O)[nH]1. The van der Waals surface area contributed by atoms with Gasteiger partial charge in [0.2, 0.25) is 0 Å². The number of rotatable bonds is 3. The Morgan fingerprint density at radius 3 is 2.76 bits per heavy atom. The van der Waals surface area contributed by atoms with E-state index in [1.54, 1.807) is 12.1 Å². The second-order valence-corrected chi connectivity index (χ2v) is 6.05. The molecule has 2 heterocycles. The van der Waals surface area contributed by atoms with Crippen molar-refractivity contribution in [2.24, 2.45) is 0 Å². The Bertz CT molecular complexity index is 841. The smallest absolute Gasteiger partial charge is 0.260 e. The summed E-state index contributed by atoms with van der Waals surface area (Å²) >= 11 is 7.52. The molecule has 0 saturated heterocycles. The van der Waals surface area contributed by atoms with Gasteiger partial charge in [-0.1, -0.05) is 19.1 Å². The van der Waals surface area contributed by atoms with Crippen molar-refractivity contribution in [3.8, 4) is 11.1 Å². The molecule has 2 aromatic heterocycles. The van der Waals surface area contributed by atoms with Crippen molar-refractivity contribution in [3.63, 3.8) is 0 Å². The molecule has 0 bridgehead atoms. The highest BCUT2D eigenvalue weighted by molar-refractivity contribution is 7.17. The Morgan fingerprint density at radius 2 is 2.10 bits per heavy atom. The summed E-state index contributed by atoms with van der Waals surface area (Å²) < 4.78 is 13.0. The molecule has 21 heavy (non-hydrogen) atoms. The number of halogens is 2. The molecule has 6 heteroatoms. The third-order valence-corrected chi connectivity index (χ3v) is 4.66. The highest BCUT2D eigenvalue weighted by Crippen LogP contribution is 2.31. The number of hydrogen-bond donors (Lipinski definition) is 1. The van der Waals surface area contributed by atoms with Crippen molar-refractivity contribution < 1.29 is 4.39 Å². The molecule has 0 saturated carbocycles. The second-order valence-electron chi connectivity index (χ2n) is 4.66. The molecule has 3 aromatic rings. The summed E-state index contributed by atoms with van der Waals surface area (Å²) in [7, 11) is 0. The maximum atomic E-state index is 13.0. The maximum absolute atomic E-state index is 13.0. The number of aromatic nitrogens is 2. The summed E-state index contributed by atoms with van der Waals surface area (Å²) in [6, 6.07) is 6.06. The molecule has 0 radical (unpaired) electrons. The van der Waals surface area contributed by atoms with E-state index in [1.165, 1.54) is 23.5 Å². The maximum Gasteiger partial charge on any atom is 0.260 e. The molecule has 0 aliphatic carbocycles. The quantitative estimate of drug-likeness (QED) is 0.723. The van der Waals surface area contributed by atoms with E-state index in [-0.39, 0.29) is 16.8 Å². The van der Waals surface area contributed by atoms with Gasteiger partial charge in [-0.25, -0.2) is 9.37 Å². The number of nitrogens with one attached hydrogen (secondary N) is 1. The Morgan fingerprint density at radius 1 is 1.38 bits per heavy atom. The highest BCUT2D eigenvalue weighted by atomic mass is 35.5. The van der Waals surface area contributed by atoms with Crippen LogP contribution in [-0.4, -0.2) is 9.97 Å². The van der Waals surface area contributed by atoms with Gasteiger partial charge >= 0.3 is 0 Å². The molecule has 1 N–H and O–H groups in total. The molecule has 3 nitrogen and oxygen atoms in total. The Balaban J connectivity index is 2.19. The first kappa shape index (κ1) is 14.2. The molecule has 1 unspecified atom stereocenters. The Labute approximate surface area is 129 Å². The zero-order chi connectivity index (χ0) is 15.0. The number of hydrogen-bond acceptors (Lipinski definition) is 3. The van der Waals surface area contributed by atoms with Crippen LogP contribution in [0.25, 0.3) is 21.3 Å². The molecule has 108 valence electrons. The topological polar surface area (TPSA) is 45.8 Å². The van der Waals surface area contributed by atoms with Crippen LogP contribution in [0.15, 0.2) is 34.4 Å². The summed E-state index contributed by atoms with van der Waals surface area (Å²) in [5, 5.41) is 2.08. The Kier molecular flexibility index (Phi) is 3.78. The molecule has 0 aliphatic heterocycles. The van der Waals surface area contributed by atoms with Gasteiger partial charge in [0.05, 0.1) is 10.8 Å². The molecule has 1 aromatic carbocycles. The lowest BCUT2D eigenvalue weighted by atomic mass is 10.1. The third kappa shape index (κ3) is 2.59. The minimum Gasteiger partial charge on any atom is -0.309 e. The fourth-order valence-electron chi connectivity index (χ4n) is 2.15. The van der Waals surface area contributed by atoms with E-state index < -0.39 is 0 Å². The summed E-state index contributed by atoms with van der Waals surface area (Å²) in [6.07, 6.45) is 0.687. The average Bonchev–Trinajstić information content (AvgIpc) is 2.91.